The van der Waals surface area contributed by atoms with E-state index in [2.05, 4.69) is 16.3 Å². The minimum Gasteiger partial charge on any atom is -0.468 e. The monoisotopic (exact) mass is 335 g/mol. The summed E-state index contributed by atoms with van der Waals surface area (Å²) in [5, 5.41) is 12.6. The van der Waals surface area contributed by atoms with Gasteiger partial charge in [0.25, 0.3) is 0 Å². The number of carbonyl (C=O) groups excluding carboxylic acids is 1. The molecule has 0 unspecified atom stereocenters. The molecule has 1 heterocycles. The molecule has 0 aromatic heterocycles. The maximum absolute atomic E-state index is 12.4. The van der Waals surface area contributed by atoms with Crippen LogP contribution in [0.5, 0.6) is 0 Å². The van der Waals surface area contributed by atoms with Gasteiger partial charge in [0.1, 0.15) is 6.04 Å². The molecule has 0 spiro atoms. The Labute approximate surface area is 147 Å². The number of para-hydroxylation sites is 1. The Morgan fingerprint density at radius 2 is 2.08 bits per heavy atom. The van der Waals surface area contributed by atoms with Crippen molar-refractivity contribution in [3.05, 3.63) is 65.7 Å². The summed E-state index contributed by atoms with van der Waals surface area (Å²) in [6.07, 6.45) is 0.945. The van der Waals surface area contributed by atoms with E-state index in [1.807, 2.05) is 36.4 Å². The van der Waals surface area contributed by atoms with Gasteiger partial charge in [-0.2, -0.15) is 5.26 Å². The highest BCUT2D eigenvalue weighted by Gasteiger charge is 2.34. The molecule has 1 aliphatic heterocycles. The lowest BCUT2D eigenvalue weighted by atomic mass is 10.0. The van der Waals surface area contributed by atoms with Crippen LogP contribution in [0.1, 0.15) is 23.6 Å². The molecule has 0 amide bonds. The third-order valence-corrected chi connectivity index (χ3v) is 4.49. The first-order valence-corrected chi connectivity index (χ1v) is 8.35. The summed E-state index contributed by atoms with van der Waals surface area (Å²) >= 11 is 0. The van der Waals surface area contributed by atoms with Gasteiger partial charge in [0, 0.05) is 24.8 Å². The van der Waals surface area contributed by atoms with Crippen molar-refractivity contribution in [2.45, 2.75) is 18.5 Å². The molecule has 25 heavy (non-hydrogen) atoms. The van der Waals surface area contributed by atoms with Gasteiger partial charge < -0.3 is 10.1 Å². The SMILES string of the molecule is COC(=O)[C@@H](c1cccc(C#N)c1)N1CC[C@@H](Nc2ccccc2)C1. The van der Waals surface area contributed by atoms with Crippen molar-refractivity contribution < 1.29 is 9.53 Å². The van der Waals surface area contributed by atoms with Gasteiger partial charge in [-0.25, -0.2) is 4.79 Å². The molecule has 0 bridgehead atoms. The van der Waals surface area contributed by atoms with Crippen molar-refractivity contribution >= 4 is 11.7 Å². The van der Waals surface area contributed by atoms with Gasteiger partial charge in [-0.15, -0.1) is 0 Å². The Kier molecular flexibility index (Phi) is 5.32. The minimum absolute atomic E-state index is 0.272. The van der Waals surface area contributed by atoms with Gasteiger partial charge in [-0.05, 0) is 36.2 Å². The molecule has 1 fully saturated rings. The number of anilines is 1. The van der Waals surface area contributed by atoms with Crippen LogP contribution in [0.25, 0.3) is 0 Å². The van der Waals surface area contributed by atoms with Gasteiger partial charge in [0.2, 0.25) is 0 Å². The van der Waals surface area contributed by atoms with Crippen molar-refractivity contribution in [2.24, 2.45) is 0 Å². The quantitative estimate of drug-likeness (QED) is 0.851. The molecule has 2 aromatic carbocycles. The first-order chi connectivity index (χ1) is 12.2. The number of likely N-dealkylation sites (tertiary alicyclic amines) is 1. The zero-order valence-corrected chi connectivity index (χ0v) is 14.2. The molecule has 0 radical (unpaired) electrons. The molecule has 2 atom stereocenters. The van der Waals surface area contributed by atoms with Crippen molar-refractivity contribution in [1.29, 1.82) is 5.26 Å². The van der Waals surface area contributed by atoms with E-state index in [9.17, 15) is 4.79 Å². The standard InChI is InChI=1S/C20H21N3O2/c1-25-20(24)19(16-7-5-6-15(12-16)13-21)23-11-10-18(14-23)22-17-8-3-2-4-9-17/h2-9,12,18-19,22H,10-11,14H2,1H3/t18-,19-/m1/s1. The van der Waals surface area contributed by atoms with E-state index in [1.165, 1.54) is 7.11 Å². The van der Waals surface area contributed by atoms with E-state index >= 15 is 0 Å². The van der Waals surface area contributed by atoms with Crippen molar-refractivity contribution in [3.63, 3.8) is 0 Å². The van der Waals surface area contributed by atoms with Gasteiger partial charge in [-0.3, -0.25) is 4.90 Å². The molecule has 0 aliphatic carbocycles. The van der Waals surface area contributed by atoms with E-state index in [4.69, 9.17) is 10.00 Å². The van der Waals surface area contributed by atoms with E-state index in [0.29, 0.717) is 5.56 Å². The van der Waals surface area contributed by atoms with Crippen LogP contribution in [0.2, 0.25) is 0 Å². The molecule has 0 saturated carbocycles. The van der Waals surface area contributed by atoms with Gasteiger partial charge in [0.05, 0.1) is 18.7 Å². The predicted octanol–water partition coefficient (Wildman–Crippen LogP) is 2.96. The molecule has 2 aromatic rings. The summed E-state index contributed by atoms with van der Waals surface area (Å²) in [7, 11) is 1.40. The number of nitrogens with zero attached hydrogens (tertiary/aromatic N) is 2. The zero-order valence-electron chi connectivity index (χ0n) is 14.2. The third-order valence-electron chi connectivity index (χ3n) is 4.49. The van der Waals surface area contributed by atoms with Crippen molar-refractivity contribution in [2.75, 3.05) is 25.5 Å². The number of esters is 1. The van der Waals surface area contributed by atoms with Crippen LogP contribution in [-0.2, 0) is 9.53 Å². The highest BCUT2D eigenvalue weighted by Crippen LogP contribution is 2.28. The molecule has 5 nitrogen and oxygen atoms in total. The molecule has 1 aliphatic rings. The highest BCUT2D eigenvalue weighted by molar-refractivity contribution is 5.77. The average molecular weight is 335 g/mol. The Morgan fingerprint density at radius 3 is 2.80 bits per heavy atom. The molecule has 5 heteroatoms. The highest BCUT2D eigenvalue weighted by atomic mass is 16.5. The summed E-state index contributed by atoms with van der Waals surface area (Å²) in [5.74, 6) is -0.296. The van der Waals surface area contributed by atoms with Gasteiger partial charge >= 0.3 is 5.97 Å². The number of rotatable bonds is 5. The first-order valence-electron chi connectivity index (χ1n) is 8.35. The van der Waals surface area contributed by atoms with E-state index < -0.39 is 6.04 Å². The van der Waals surface area contributed by atoms with Crippen molar-refractivity contribution in [1.82, 2.24) is 4.90 Å². The van der Waals surface area contributed by atoms with Crippen LogP contribution in [0.3, 0.4) is 0 Å². The number of methoxy groups -OCH3 is 1. The summed E-state index contributed by atoms with van der Waals surface area (Å²) in [4.78, 5) is 14.5. The lowest BCUT2D eigenvalue weighted by Crippen LogP contribution is -2.35. The molecule has 1 N–H and O–H groups in total. The molecule has 3 rings (SSSR count). The fraction of sp³-hybridized carbons (Fsp3) is 0.300. The Balaban J connectivity index is 1.76. The minimum atomic E-state index is -0.485. The van der Waals surface area contributed by atoms with Crippen molar-refractivity contribution in [3.8, 4) is 6.07 Å². The Hall–Kier alpha value is -2.84. The first kappa shape index (κ1) is 17.0. The summed E-state index contributed by atoms with van der Waals surface area (Å²) in [5.41, 5.74) is 2.42. The fourth-order valence-corrected chi connectivity index (χ4v) is 3.30. The number of nitriles is 1. The average Bonchev–Trinajstić information content (AvgIpc) is 3.10. The second kappa shape index (κ2) is 7.82. The van der Waals surface area contributed by atoms with Crippen LogP contribution in [0, 0.1) is 11.3 Å². The maximum Gasteiger partial charge on any atom is 0.327 e. The number of hydrogen-bond donors (Lipinski definition) is 1. The van der Waals surface area contributed by atoms with Crippen LogP contribution in [0.4, 0.5) is 5.69 Å². The fourth-order valence-electron chi connectivity index (χ4n) is 3.30. The Bertz CT molecular complexity index is 770. The van der Waals surface area contributed by atoms with Crippen LogP contribution >= 0.6 is 0 Å². The number of nitrogens with one attached hydrogen (secondary N) is 1. The zero-order chi connectivity index (χ0) is 17.6. The lowest BCUT2D eigenvalue weighted by molar-refractivity contribution is -0.146. The van der Waals surface area contributed by atoms with Crippen LogP contribution < -0.4 is 5.32 Å². The predicted molar refractivity (Wildman–Crippen MR) is 96.0 cm³/mol. The lowest BCUT2D eigenvalue weighted by Gasteiger charge is -2.26. The number of benzene rings is 2. The van der Waals surface area contributed by atoms with Gasteiger partial charge in [-0.1, -0.05) is 30.3 Å². The Morgan fingerprint density at radius 1 is 1.28 bits per heavy atom. The second-order valence-corrected chi connectivity index (χ2v) is 6.15. The normalized spacial score (nSPS) is 18.3. The van der Waals surface area contributed by atoms with E-state index in [1.54, 1.807) is 18.2 Å². The second-order valence-electron chi connectivity index (χ2n) is 6.15. The van der Waals surface area contributed by atoms with Crippen LogP contribution in [0.15, 0.2) is 54.6 Å². The third kappa shape index (κ3) is 3.98. The topological polar surface area (TPSA) is 65.4 Å². The van der Waals surface area contributed by atoms with E-state index in [0.717, 1.165) is 30.8 Å². The summed E-state index contributed by atoms with van der Waals surface area (Å²) in [6.45, 7) is 1.53. The number of carbonyl (C=O) groups is 1. The number of ether oxygens (including phenoxy) is 1. The van der Waals surface area contributed by atoms with E-state index in [-0.39, 0.29) is 12.0 Å². The largest absolute Gasteiger partial charge is 0.468 e. The molecule has 1 saturated heterocycles. The summed E-state index contributed by atoms with van der Waals surface area (Å²) < 4.78 is 5.02. The molecular formula is C20H21N3O2. The number of hydrogen-bond acceptors (Lipinski definition) is 5. The van der Waals surface area contributed by atoms with Gasteiger partial charge in [0.15, 0.2) is 0 Å². The molecule has 128 valence electrons. The smallest absolute Gasteiger partial charge is 0.327 e. The molecular weight excluding hydrogens is 314 g/mol. The summed E-state index contributed by atoms with van der Waals surface area (Å²) in [6, 6.07) is 19.2. The van der Waals surface area contributed by atoms with Crippen LogP contribution in [-0.4, -0.2) is 37.1 Å². The maximum atomic E-state index is 12.4.